The molecule has 0 aliphatic rings. The van der Waals surface area contributed by atoms with E-state index in [4.69, 9.17) is 4.74 Å². The predicted octanol–water partition coefficient (Wildman–Crippen LogP) is 2.69. The Morgan fingerprint density at radius 1 is 1.24 bits per heavy atom. The van der Waals surface area contributed by atoms with Crippen LogP contribution in [0.5, 0.6) is 0 Å². The molecule has 114 valence electrons. The Labute approximate surface area is 124 Å². The third-order valence-corrected chi connectivity index (χ3v) is 2.42. The lowest BCUT2D eigenvalue weighted by atomic mass is 10.2. The molecule has 0 radical (unpaired) electrons. The normalized spacial score (nSPS) is 13.0. The van der Waals surface area contributed by atoms with Crippen molar-refractivity contribution < 1.29 is 18.7 Å². The largest absolute Gasteiger partial charge is 0.458 e. The van der Waals surface area contributed by atoms with Crippen LogP contribution >= 0.6 is 0 Å². The zero-order chi connectivity index (χ0) is 16.0. The summed E-state index contributed by atoms with van der Waals surface area (Å²) in [5, 5.41) is 2.51. The molecule has 0 aromatic heterocycles. The Kier molecular flexibility index (Phi) is 5.64. The van der Waals surface area contributed by atoms with Gasteiger partial charge in [0.05, 0.1) is 0 Å². The summed E-state index contributed by atoms with van der Waals surface area (Å²) in [5.41, 5.74) is 0.0940. The number of hydrogen-bond donors (Lipinski definition) is 1. The van der Waals surface area contributed by atoms with Crippen LogP contribution < -0.4 is 5.32 Å². The number of ether oxygens (including phenoxy) is 1. The van der Waals surface area contributed by atoms with E-state index in [9.17, 15) is 14.0 Å². The van der Waals surface area contributed by atoms with E-state index in [2.05, 4.69) is 5.32 Å². The average Bonchev–Trinajstić information content (AvgIpc) is 2.36. The van der Waals surface area contributed by atoms with Gasteiger partial charge in [-0.1, -0.05) is 12.1 Å². The highest BCUT2D eigenvalue weighted by Crippen LogP contribution is 2.08. The summed E-state index contributed by atoms with van der Waals surface area (Å²) in [7, 11) is 0. The van der Waals surface area contributed by atoms with Crippen LogP contribution in [0.3, 0.4) is 0 Å². The fraction of sp³-hybridized carbons (Fsp3) is 0.375. The van der Waals surface area contributed by atoms with Gasteiger partial charge in [-0.2, -0.15) is 0 Å². The van der Waals surface area contributed by atoms with Crippen molar-refractivity contribution in [1.82, 2.24) is 5.32 Å². The fourth-order valence-corrected chi connectivity index (χ4v) is 1.46. The SMILES string of the molecule is C[C@H](NC(=O)/C=C/c1ccc(F)cc1)C(=O)OC(C)(C)C. The van der Waals surface area contributed by atoms with Gasteiger partial charge in [0.25, 0.3) is 0 Å². The van der Waals surface area contributed by atoms with Gasteiger partial charge in [-0.15, -0.1) is 0 Å². The number of amides is 1. The Bertz CT molecular complexity index is 529. The van der Waals surface area contributed by atoms with Crippen LogP contribution in [-0.2, 0) is 14.3 Å². The van der Waals surface area contributed by atoms with Crippen LogP contribution in [0.1, 0.15) is 33.3 Å². The van der Waals surface area contributed by atoms with Crippen LogP contribution in [0.25, 0.3) is 6.08 Å². The summed E-state index contributed by atoms with van der Waals surface area (Å²) in [6, 6.07) is 4.98. The number of rotatable bonds is 4. The molecule has 5 heteroatoms. The van der Waals surface area contributed by atoms with Crippen LogP contribution in [0.15, 0.2) is 30.3 Å². The quantitative estimate of drug-likeness (QED) is 0.686. The van der Waals surface area contributed by atoms with Gasteiger partial charge in [0.2, 0.25) is 5.91 Å². The van der Waals surface area contributed by atoms with Crippen LogP contribution in [0.2, 0.25) is 0 Å². The zero-order valence-electron chi connectivity index (χ0n) is 12.6. The third kappa shape index (κ3) is 6.70. The van der Waals surface area contributed by atoms with Gasteiger partial charge in [-0.3, -0.25) is 4.79 Å². The lowest BCUT2D eigenvalue weighted by Gasteiger charge is -2.22. The molecule has 0 spiro atoms. The van der Waals surface area contributed by atoms with Crippen molar-refractivity contribution in [2.75, 3.05) is 0 Å². The van der Waals surface area contributed by atoms with Crippen molar-refractivity contribution in [3.63, 3.8) is 0 Å². The van der Waals surface area contributed by atoms with Crippen molar-refractivity contribution in [2.24, 2.45) is 0 Å². The summed E-state index contributed by atoms with van der Waals surface area (Å²) < 4.78 is 17.9. The number of esters is 1. The first kappa shape index (κ1) is 16.9. The fourth-order valence-electron chi connectivity index (χ4n) is 1.46. The van der Waals surface area contributed by atoms with Gasteiger partial charge >= 0.3 is 5.97 Å². The molecule has 21 heavy (non-hydrogen) atoms. The molecule has 0 aliphatic heterocycles. The highest BCUT2D eigenvalue weighted by molar-refractivity contribution is 5.94. The summed E-state index contributed by atoms with van der Waals surface area (Å²) in [6.45, 7) is 6.83. The second-order valence-corrected chi connectivity index (χ2v) is 5.65. The van der Waals surface area contributed by atoms with Gasteiger partial charge < -0.3 is 10.1 Å². The number of carbonyl (C=O) groups excluding carboxylic acids is 2. The number of halogens is 1. The smallest absolute Gasteiger partial charge is 0.328 e. The maximum Gasteiger partial charge on any atom is 0.328 e. The summed E-state index contributed by atoms with van der Waals surface area (Å²) in [6.07, 6.45) is 2.82. The molecule has 1 aromatic carbocycles. The van der Waals surface area contributed by atoms with Gasteiger partial charge in [0.1, 0.15) is 17.5 Å². The maximum atomic E-state index is 12.7. The molecule has 1 atom stereocenters. The van der Waals surface area contributed by atoms with E-state index in [0.29, 0.717) is 5.56 Å². The second kappa shape index (κ2) is 7.02. The van der Waals surface area contributed by atoms with Gasteiger partial charge in [0.15, 0.2) is 0 Å². The topological polar surface area (TPSA) is 55.4 Å². The molecule has 0 heterocycles. The van der Waals surface area contributed by atoms with E-state index in [-0.39, 0.29) is 5.82 Å². The summed E-state index contributed by atoms with van der Waals surface area (Å²) in [5.74, 6) is -1.25. The molecular weight excluding hydrogens is 273 g/mol. The van der Waals surface area contributed by atoms with E-state index in [1.807, 2.05) is 0 Å². The van der Waals surface area contributed by atoms with E-state index < -0.39 is 23.5 Å². The van der Waals surface area contributed by atoms with Gasteiger partial charge in [-0.25, -0.2) is 9.18 Å². The molecule has 1 rings (SSSR count). The van der Waals surface area contributed by atoms with Crippen molar-refractivity contribution >= 4 is 18.0 Å². The second-order valence-electron chi connectivity index (χ2n) is 5.65. The minimum Gasteiger partial charge on any atom is -0.458 e. The third-order valence-electron chi connectivity index (χ3n) is 2.42. The van der Waals surface area contributed by atoms with Crippen molar-refractivity contribution in [3.8, 4) is 0 Å². The van der Waals surface area contributed by atoms with Crippen LogP contribution in [0, 0.1) is 5.82 Å². The average molecular weight is 293 g/mol. The highest BCUT2D eigenvalue weighted by atomic mass is 19.1. The van der Waals surface area contributed by atoms with Gasteiger partial charge in [0, 0.05) is 6.08 Å². The van der Waals surface area contributed by atoms with Gasteiger partial charge in [-0.05, 0) is 51.5 Å². The first-order chi connectivity index (χ1) is 9.67. The number of hydrogen-bond acceptors (Lipinski definition) is 3. The van der Waals surface area contributed by atoms with Crippen molar-refractivity contribution in [3.05, 3.63) is 41.7 Å². The van der Waals surface area contributed by atoms with Crippen LogP contribution in [0.4, 0.5) is 4.39 Å². The molecule has 0 unspecified atom stereocenters. The first-order valence-corrected chi connectivity index (χ1v) is 6.64. The molecule has 0 fully saturated rings. The molecule has 1 amide bonds. The Hall–Kier alpha value is -2.17. The summed E-state index contributed by atoms with van der Waals surface area (Å²) in [4.78, 5) is 23.4. The van der Waals surface area contributed by atoms with Crippen LogP contribution in [-0.4, -0.2) is 23.5 Å². The van der Waals surface area contributed by atoms with E-state index in [1.165, 1.54) is 24.3 Å². The molecule has 0 aliphatic carbocycles. The van der Waals surface area contributed by atoms with Crippen molar-refractivity contribution in [1.29, 1.82) is 0 Å². The molecule has 0 saturated heterocycles. The Morgan fingerprint density at radius 2 is 1.81 bits per heavy atom. The molecule has 1 N–H and O–H groups in total. The standard InChI is InChI=1S/C16H20FNO3/c1-11(15(20)21-16(2,3)4)18-14(19)10-7-12-5-8-13(17)9-6-12/h5-11H,1-4H3,(H,18,19)/b10-7+/t11-/m0/s1. The van der Waals surface area contributed by atoms with Crippen molar-refractivity contribution in [2.45, 2.75) is 39.3 Å². The molecule has 0 bridgehead atoms. The number of benzene rings is 1. The monoisotopic (exact) mass is 293 g/mol. The lowest BCUT2D eigenvalue weighted by molar-refractivity contribution is -0.157. The molecule has 0 saturated carbocycles. The minimum absolute atomic E-state index is 0.338. The first-order valence-electron chi connectivity index (χ1n) is 6.64. The Morgan fingerprint density at radius 3 is 2.33 bits per heavy atom. The molecule has 1 aromatic rings. The van der Waals surface area contributed by atoms with E-state index in [0.717, 1.165) is 0 Å². The lowest BCUT2D eigenvalue weighted by Crippen LogP contribution is -2.41. The highest BCUT2D eigenvalue weighted by Gasteiger charge is 2.22. The van der Waals surface area contributed by atoms with E-state index >= 15 is 0 Å². The molecular formula is C16H20FNO3. The Balaban J connectivity index is 2.53. The summed E-state index contributed by atoms with van der Waals surface area (Å²) >= 11 is 0. The maximum absolute atomic E-state index is 12.7. The number of carbonyl (C=O) groups is 2. The zero-order valence-corrected chi connectivity index (χ0v) is 12.6. The predicted molar refractivity (Wildman–Crippen MR) is 78.9 cm³/mol. The van der Waals surface area contributed by atoms with E-state index in [1.54, 1.807) is 39.8 Å². The molecule has 4 nitrogen and oxygen atoms in total. The minimum atomic E-state index is -0.741. The number of nitrogens with one attached hydrogen (secondary N) is 1.